The summed E-state index contributed by atoms with van der Waals surface area (Å²) in [5.41, 5.74) is 4.08. The average molecular weight is 543 g/mol. The fourth-order valence-corrected chi connectivity index (χ4v) is 5.65. The van der Waals surface area contributed by atoms with E-state index in [2.05, 4.69) is 29.3 Å². The molecule has 0 aliphatic heterocycles. The first-order valence-corrected chi connectivity index (χ1v) is 13.4. The van der Waals surface area contributed by atoms with Crippen LogP contribution in [0.5, 0.6) is 5.75 Å². The van der Waals surface area contributed by atoms with Crippen LogP contribution >= 0.6 is 23.2 Å². The van der Waals surface area contributed by atoms with E-state index < -0.39 is 0 Å². The Balaban J connectivity index is 0.00000156. The van der Waals surface area contributed by atoms with Crippen LogP contribution in [0, 0.1) is 11.8 Å². The molecule has 196 valence electrons. The molecule has 6 nitrogen and oxygen atoms in total. The lowest BCUT2D eigenvalue weighted by Gasteiger charge is -2.33. The molecule has 37 heavy (non-hydrogen) atoms. The van der Waals surface area contributed by atoms with Gasteiger partial charge < -0.3 is 20.1 Å². The molecule has 1 heterocycles. The number of carbonyl (C=O) groups is 2. The molecule has 2 saturated carbocycles. The van der Waals surface area contributed by atoms with Gasteiger partial charge in [-0.15, -0.1) is 0 Å². The summed E-state index contributed by atoms with van der Waals surface area (Å²) in [6, 6.07) is 10.0. The highest BCUT2D eigenvalue weighted by Crippen LogP contribution is 2.40. The van der Waals surface area contributed by atoms with E-state index in [1.165, 1.54) is 25.7 Å². The number of aromatic nitrogens is 1. The highest BCUT2D eigenvalue weighted by atomic mass is 35.5. The smallest absolute Gasteiger partial charge is 0.169 e. The molecule has 0 bridgehead atoms. The Bertz CT molecular complexity index is 1260. The molecule has 2 fully saturated rings. The van der Waals surface area contributed by atoms with Gasteiger partial charge in [0.15, 0.2) is 11.5 Å². The zero-order valence-corrected chi connectivity index (χ0v) is 22.8. The van der Waals surface area contributed by atoms with Crippen LogP contribution in [0.2, 0.25) is 10.0 Å². The Kier molecular flexibility index (Phi) is 8.73. The Morgan fingerprint density at radius 1 is 1.03 bits per heavy atom. The van der Waals surface area contributed by atoms with Crippen LogP contribution in [0.1, 0.15) is 48.9 Å². The van der Waals surface area contributed by atoms with Gasteiger partial charge in [0.05, 0.1) is 26.8 Å². The van der Waals surface area contributed by atoms with E-state index in [4.69, 9.17) is 28.0 Å². The van der Waals surface area contributed by atoms with Crippen LogP contribution in [0.4, 0.5) is 5.69 Å². The van der Waals surface area contributed by atoms with Crippen molar-refractivity contribution < 1.29 is 14.7 Å². The first kappa shape index (κ1) is 27.4. The number of pyridine rings is 1. The number of phenolic OH excluding ortho intramolecular Hbond substituents is 1. The number of fused-ring (bicyclic) bond motifs is 1. The Hall–Kier alpha value is -2.67. The lowest BCUT2D eigenvalue weighted by atomic mass is 9.85. The van der Waals surface area contributed by atoms with Crippen LogP contribution in [0.25, 0.3) is 22.0 Å². The first-order chi connectivity index (χ1) is 17.8. The summed E-state index contributed by atoms with van der Waals surface area (Å²) < 4.78 is 0. The second kappa shape index (κ2) is 11.8. The number of Topliss-reactive ketones (excluding diaryl/α,β-unsaturated/α-hetero) is 1. The highest BCUT2D eigenvalue weighted by molar-refractivity contribution is 6.37. The minimum Gasteiger partial charge on any atom is -0.505 e. The fourth-order valence-electron chi connectivity index (χ4n) is 5.16. The number of nitrogens with one attached hydrogen (secondary N) is 1. The second-order valence-corrected chi connectivity index (χ2v) is 11.0. The second-order valence-electron chi connectivity index (χ2n) is 10.2. The molecule has 1 aromatic heterocycles. The number of phenols is 1. The van der Waals surface area contributed by atoms with E-state index in [1.807, 2.05) is 25.0 Å². The zero-order valence-electron chi connectivity index (χ0n) is 21.3. The molecule has 2 aromatic carbocycles. The molecule has 0 radical (unpaired) electrons. The third-order valence-electron chi connectivity index (χ3n) is 7.55. The predicted molar refractivity (Wildman–Crippen MR) is 151 cm³/mol. The summed E-state index contributed by atoms with van der Waals surface area (Å²) in [4.78, 5) is 28.1. The fraction of sp³-hybridized carbons (Fsp3) is 0.414. The summed E-state index contributed by atoms with van der Waals surface area (Å²) in [5.74, 6) is 0.752. The highest BCUT2D eigenvalue weighted by Gasteiger charge is 2.33. The molecule has 0 saturated heterocycles. The van der Waals surface area contributed by atoms with Crippen molar-refractivity contribution in [2.75, 3.05) is 26.0 Å². The van der Waals surface area contributed by atoms with Gasteiger partial charge in [-0.2, -0.15) is 0 Å². The maximum absolute atomic E-state index is 13.2. The van der Waals surface area contributed by atoms with E-state index >= 15 is 0 Å². The quantitative estimate of drug-likeness (QED) is 0.318. The molecule has 2 aliphatic carbocycles. The van der Waals surface area contributed by atoms with E-state index in [-0.39, 0.29) is 27.5 Å². The van der Waals surface area contributed by atoms with Gasteiger partial charge in [-0.3, -0.25) is 9.78 Å². The number of carbonyl (C=O) groups excluding carboxylic acids is 2. The maximum Gasteiger partial charge on any atom is 0.169 e. The molecule has 8 heteroatoms. The minimum absolute atomic E-state index is 0.114. The number of hydrogen-bond acceptors (Lipinski definition) is 6. The van der Waals surface area contributed by atoms with E-state index in [0.717, 1.165) is 47.1 Å². The minimum atomic E-state index is -0.122. The number of ketones is 1. The van der Waals surface area contributed by atoms with Crippen molar-refractivity contribution in [2.45, 2.75) is 44.6 Å². The molecule has 0 unspecified atom stereocenters. The van der Waals surface area contributed by atoms with Crippen molar-refractivity contribution in [3.63, 3.8) is 0 Å². The lowest BCUT2D eigenvalue weighted by Crippen LogP contribution is -2.33. The van der Waals surface area contributed by atoms with Crippen molar-refractivity contribution >= 4 is 52.4 Å². The summed E-state index contributed by atoms with van der Waals surface area (Å²) in [7, 11) is 4.32. The van der Waals surface area contributed by atoms with Gasteiger partial charge >= 0.3 is 0 Å². The van der Waals surface area contributed by atoms with Crippen molar-refractivity contribution in [1.29, 1.82) is 0 Å². The van der Waals surface area contributed by atoms with Crippen molar-refractivity contribution in [2.24, 2.45) is 11.8 Å². The van der Waals surface area contributed by atoms with Gasteiger partial charge in [-0.05, 0) is 93.9 Å². The summed E-state index contributed by atoms with van der Waals surface area (Å²) in [5, 5.41) is 15.0. The molecule has 0 spiro atoms. The van der Waals surface area contributed by atoms with Crippen LogP contribution in [-0.4, -0.2) is 54.2 Å². The van der Waals surface area contributed by atoms with E-state index in [1.54, 1.807) is 18.3 Å². The molecular formula is C29H33Cl2N3O3. The molecule has 2 N–H and O–H groups in total. The Morgan fingerprint density at radius 2 is 1.68 bits per heavy atom. The van der Waals surface area contributed by atoms with Gasteiger partial charge in [0.1, 0.15) is 6.79 Å². The van der Waals surface area contributed by atoms with Crippen LogP contribution in [-0.2, 0) is 4.79 Å². The normalized spacial score (nSPS) is 19.4. The van der Waals surface area contributed by atoms with Gasteiger partial charge in [-0.1, -0.05) is 29.3 Å². The molecule has 3 aromatic rings. The van der Waals surface area contributed by atoms with Crippen LogP contribution in [0.3, 0.4) is 0 Å². The SMILES string of the molecule is C=O.CN(C)C1CCC(CNc2c(C(=O)C3CC3)cnc3ccc(-c4cc(Cl)c(O)c(Cl)c4)cc23)CC1. The maximum atomic E-state index is 13.2. The number of hydrogen-bond donors (Lipinski definition) is 2. The van der Waals surface area contributed by atoms with Gasteiger partial charge in [0.25, 0.3) is 0 Å². The van der Waals surface area contributed by atoms with Crippen molar-refractivity contribution in [3.05, 3.63) is 52.1 Å². The summed E-state index contributed by atoms with van der Waals surface area (Å²) in [6.45, 7) is 2.84. The molecule has 0 amide bonds. The lowest BCUT2D eigenvalue weighted by molar-refractivity contribution is -0.0980. The largest absolute Gasteiger partial charge is 0.505 e. The number of benzene rings is 2. The zero-order chi connectivity index (χ0) is 26.7. The molecule has 0 atom stereocenters. The van der Waals surface area contributed by atoms with Crippen molar-refractivity contribution in [1.82, 2.24) is 9.88 Å². The third-order valence-corrected chi connectivity index (χ3v) is 8.12. The number of rotatable bonds is 7. The number of nitrogens with zero attached hydrogens (tertiary/aromatic N) is 2. The molecule has 2 aliphatic rings. The topological polar surface area (TPSA) is 82.5 Å². The summed E-state index contributed by atoms with van der Waals surface area (Å²) >= 11 is 12.4. The number of anilines is 1. The third kappa shape index (κ3) is 6.08. The number of halogens is 2. The van der Waals surface area contributed by atoms with E-state index in [9.17, 15) is 9.90 Å². The van der Waals surface area contributed by atoms with Gasteiger partial charge in [0.2, 0.25) is 0 Å². The Labute approximate surface area is 228 Å². The molecular weight excluding hydrogens is 509 g/mol. The van der Waals surface area contributed by atoms with Crippen LogP contribution in [0.15, 0.2) is 36.5 Å². The predicted octanol–water partition coefficient (Wildman–Crippen LogP) is 6.85. The monoisotopic (exact) mass is 541 g/mol. The average Bonchev–Trinajstić information content (AvgIpc) is 3.76. The number of aromatic hydroxyl groups is 1. The summed E-state index contributed by atoms with van der Waals surface area (Å²) in [6.07, 6.45) is 8.42. The van der Waals surface area contributed by atoms with Crippen LogP contribution < -0.4 is 5.32 Å². The van der Waals surface area contributed by atoms with E-state index in [0.29, 0.717) is 17.5 Å². The van der Waals surface area contributed by atoms with Gasteiger partial charge in [-0.25, -0.2) is 0 Å². The van der Waals surface area contributed by atoms with Gasteiger partial charge in [0, 0.05) is 30.1 Å². The van der Waals surface area contributed by atoms with Crippen molar-refractivity contribution in [3.8, 4) is 16.9 Å². The standard InChI is InChI=1S/C28H31Cl2N3O2.CH2O/c1-33(2)20-8-3-16(4-9-20)14-32-26-21-11-18(19-12-23(29)28(35)24(30)13-19)7-10-25(21)31-15-22(26)27(34)17-5-6-17;1-2/h7,10-13,15-17,20,35H,3-6,8-9,14H2,1-2H3,(H,31,32);1H2. The molecule has 5 rings (SSSR count). The first-order valence-electron chi connectivity index (χ1n) is 12.7. The Morgan fingerprint density at radius 3 is 2.27 bits per heavy atom.